The van der Waals surface area contributed by atoms with Gasteiger partial charge >= 0.3 is 12.2 Å². The zero-order chi connectivity index (χ0) is 23.3. The van der Waals surface area contributed by atoms with Gasteiger partial charge < -0.3 is 0 Å². The third-order valence-corrected chi connectivity index (χ3v) is 5.25. The maximum atomic E-state index is 12.6. The van der Waals surface area contributed by atoms with Gasteiger partial charge in [-0.1, -0.05) is 107 Å². The van der Waals surface area contributed by atoms with Gasteiger partial charge in [0.25, 0.3) is 0 Å². The van der Waals surface area contributed by atoms with Gasteiger partial charge in [-0.15, -0.1) is 0 Å². The molecule has 0 saturated heterocycles. The van der Waals surface area contributed by atoms with E-state index in [1.807, 2.05) is 12.1 Å². The number of halogens is 5. The van der Waals surface area contributed by atoms with Crippen molar-refractivity contribution in [3.63, 3.8) is 0 Å². The molecule has 0 heterocycles. The second kappa shape index (κ2) is 13.5. The van der Waals surface area contributed by atoms with Gasteiger partial charge in [0.1, 0.15) is 0 Å². The Morgan fingerprint density at radius 3 is 1.61 bits per heavy atom. The molecule has 0 aromatic heterocycles. The maximum Gasteiger partial charge on any atom is 0.469 e. The van der Waals surface area contributed by atoms with Crippen LogP contribution in [0.4, 0.5) is 22.0 Å². The smallest absolute Gasteiger partial charge is 0.250 e. The second-order valence-corrected chi connectivity index (χ2v) is 7.93. The number of hydrogen-bond donors (Lipinski definition) is 1. The van der Waals surface area contributed by atoms with Crippen molar-refractivity contribution in [2.45, 2.75) is 65.1 Å². The Balaban J connectivity index is 0.000000339. The van der Waals surface area contributed by atoms with Crippen LogP contribution in [0.1, 0.15) is 52.9 Å². The van der Waals surface area contributed by atoms with E-state index in [9.17, 15) is 22.0 Å². The van der Waals surface area contributed by atoms with E-state index in [1.54, 1.807) is 6.92 Å². The van der Waals surface area contributed by atoms with Crippen molar-refractivity contribution in [2.75, 3.05) is 6.54 Å². The molecule has 2 aromatic carbocycles. The van der Waals surface area contributed by atoms with Crippen LogP contribution < -0.4 is 5.32 Å². The first-order valence-electron chi connectivity index (χ1n) is 10.9. The van der Waals surface area contributed by atoms with Crippen LogP contribution in [0.3, 0.4) is 0 Å². The lowest BCUT2D eigenvalue weighted by molar-refractivity contribution is -0.295. The van der Waals surface area contributed by atoms with Crippen LogP contribution in [-0.2, 0) is 0 Å². The lowest BCUT2D eigenvalue weighted by Gasteiger charge is -2.23. The van der Waals surface area contributed by atoms with Crippen LogP contribution in [0.25, 0.3) is 11.1 Å². The van der Waals surface area contributed by atoms with Crippen LogP contribution in [0.2, 0.25) is 0 Å². The Labute approximate surface area is 183 Å². The van der Waals surface area contributed by atoms with Gasteiger partial charge in [0.05, 0.1) is 0 Å². The molecule has 31 heavy (non-hydrogen) atoms. The minimum absolute atomic E-state index is 0.195. The normalized spacial score (nSPS) is 13.8. The maximum absolute atomic E-state index is 12.6. The van der Waals surface area contributed by atoms with E-state index in [4.69, 9.17) is 0 Å². The molecule has 1 N–H and O–H groups in total. The average Bonchev–Trinajstić information content (AvgIpc) is 2.76. The predicted octanol–water partition coefficient (Wildman–Crippen LogP) is 8.33. The molecule has 0 aliphatic rings. The summed E-state index contributed by atoms with van der Waals surface area (Å²) in [4.78, 5) is 0. The Kier molecular flexibility index (Phi) is 11.8. The third-order valence-electron chi connectivity index (χ3n) is 5.25. The molecule has 0 radical (unpaired) electrons. The molecule has 174 valence electrons. The molecule has 2 atom stereocenters. The van der Waals surface area contributed by atoms with E-state index in [2.05, 4.69) is 62.4 Å². The van der Waals surface area contributed by atoms with Gasteiger partial charge in [0, 0.05) is 6.54 Å². The number of hydrogen-bond acceptors (Lipinski definition) is 1. The highest BCUT2D eigenvalue weighted by molar-refractivity contribution is 5.62. The molecule has 2 unspecified atom stereocenters. The summed E-state index contributed by atoms with van der Waals surface area (Å²) in [7, 11) is 0. The minimum atomic E-state index is -5.53. The molecule has 6 heteroatoms. The first-order valence-corrected chi connectivity index (χ1v) is 10.9. The van der Waals surface area contributed by atoms with E-state index in [0.717, 1.165) is 25.7 Å². The quantitative estimate of drug-likeness (QED) is 0.287. The Morgan fingerprint density at radius 2 is 1.23 bits per heavy atom. The van der Waals surface area contributed by atoms with E-state index in [0.29, 0.717) is 12.3 Å². The summed E-state index contributed by atoms with van der Waals surface area (Å²) in [6.07, 6.45) is -0.815. The zero-order valence-electron chi connectivity index (χ0n) is 18.6. The zero-order valence-corrected chi connectivity index (χ0v) is 18.6. The Hall–Kier alpha value is -1.95. The standard InChI is InChI=1S/C13H24F5N.C12H10/c1-4-6-11(5-2)8-7-10(3)9-19-13(17,18)12(14,15)16;1-3-7-11(8-4-1)12-9-5-2-6-10-12/h10-11,19H,4-9H2,1-3H3;1-10H. The van der Waals surface area contributed by atoms with Gasteiger partial charge in [-0.3, -0.25) is 0 Å². The third kappa shape index (κ3) is 10.3. The van der Waals surface area contributed by atoms with E-state index in [1.165, 1.54) is 16.4 Å². The summed E-state index contributed by atoms with van der Waals surface area (Å²) in [5, 5.41) is 1.31. The number of rotatable bonds is 10. The van der Waals surface area contributed by atoms with Crippen molar-refractivity contribution < 1.29 is 22.0 Å². The molecule has 0 spiro atoms. The predicted molar refractivity (Wildman–Crippen MR) is 118 cm³/mol. The summed E-state index contributed by atoms with van der Waals surface area (Å²) < 4.78 is 61.1. The topological polar surface area (TPSA) is 12.0 Å². The summed E-state index contributed by atoms with van der Waals surface area (Å²) in [6, 6.07) is 16.0. The molecule has 0 fully saturated rings. The fraction of sp³-hybridized carbons (Fsp3) is 0.520. The van der Waals surface area contributed by atoms with Crippen LogP contribution in [-0.4, -0.2) is 18.8 Å². The van der Waals surface area contributed by atoms with Gasteiger partial charge in [-0.2, -0.15) is 22.0 Å². The highest BCUT2D eigenvalue weighted by atomic mass is 19.4. The van der Waals surface area contributed by atoms with Gasteiger partial charge in [0.2, 0.25) is 0 Å². The molecule has 0 amide bonds. The van der Waals surface area contributed by atoms with E-state index in [-0.39, 0.29) is 12.5 Å². The van der Waals surface area contributed by atoms with Gasteiger partial charge in [-0.25, -0.2) is 5.32 Å². The van der Waals surface area contributed by atoms with Gasteiger partial charge in [-0.05, 0) is 29.4 Å². The van der Waals surface area contributed by atoms with E-state index < -0.39 is 12.2 Å². The van der Waals surface area contributed by atoms with Crippen LogP contribution in [0.5, 0.6) is 0 Å². The number of alkyl halides is 5. The largest absolute Gasteiger partial charge is 0.469 e. The molecule has 0 aliphatic carbocycles. The van der Waals surface area contributed by atoms with Crippen LogP contribution in [0, 0.1) is 11.8 Å². The van der Waals surface area contributed by atoms with Crippen LogP contribution >= 0.6 is 0 Å². The summed E-state index contributed by atoms with van der Waals surface area (Å²) >= 11 is 0. The Morgan fingerprint density at radius 1 is 0.742 bits per heavy atom. The van der Waals surface area contributed by atoms with Crippen molar-refractivity contribution in [2.24, 2.45) is 11.8 Å². The van der Waals surface area contributed by atoms with Crippen molar-refractivity contribution >= 4 is 0 Å². The molecule has 1 nitrogen and oxygen atoms in total. The summed E-state index contributed by atoms with van der Waals surface area (Å²) in [5.41, 5.74) is 2.55. The molecule has 0 saturated carbocycles. The molecule has 2 aromatic rings. The molecular weight excluding hydrogens is 409 g/mol. The van der Waals surface area contributed by atoms with Crippen molar-refractivity contribution in [3.05, 3.63) is 60.7 Å². The lowest BCUT2D eigenvalue weighted by atomic mass is 9.91. The highest BCUT2D eigenvalue weighted by Gasteiger charge is 2.57. The number of benzene rings is 2. The average molecular weight is 444 g/mol. The van der Waals surface area contributed by atoms with Crippen molar-refractivity contribution in [3.8, 4) is 11.1 Å². The van der Waals surface area contributed by atoms with E-state index >= 15 is 0 Å². The first-order chi connectivity index (χ1) is 14.6. The highest BCUT2D eigenvalue weighted by Crippen LogP contribution is 2.33. The fourth-order valence-corrected chi connectivity index (χ4v) is 3.25. The Bertz CT molecular complexity index is 663. The number of nitrogens with one attached hydrogen (secondary N) is 1. The lowest BCUT2D eigenvalue weighted by Crippen LogP contribution is -2.50. The van der Waals surface area contributed by atoms with Crippen LogP contribution in [0.15, 0.2) is 60.7 Å². The fourth-order valence-electron chi connectivity index (χ4n) is 3.25. The molecule has 2 rings (SSSR count). The molecule has 0 bridgehead atoms. The van der Waals surface area contributed by atoms with Gasteiger partial charge in [0.15, 0.2) is 0 Å². The minimum Gasteiger partial charge on any atom is -0.250 e. The molecule has 0 aliphatic heterocycles. The SMILES string of the molecule is CCCC(CC)CCC(C)CNC(F)(F)C(F)(F)F.c1ccc(-c2ccccc2)cc1. The van der Waals surface area contributed by atoms with Crippen molar-refractivity contribution in [1.82, 2.24) is 5.32 Å². The van der Waals surface area contributed by atoms with Crippen molar-refractivity contribution in [1.29, 1.82) is 0 Å². The summed E-state index contributed by atoms with van der Waals surface area (Å²) in [6.45, 7) is 5.52. The molecular formula is C25H34F5N. The first kappa shape index (κ1) is 27.1. The summed E-state index contributed by atoms with van der Waals surface area (Å²) in [5.74, 6) is 0.342. The second-order valence-electron chi connectivity index (χ2n) is 7.93. The monoisotopic (exact) mass is 443 g/mol.